The monoisotopic (exact) mass is 212 g/mol. The first-order valence-electron chi connectivity index (χ1n) is 5.03. The zero-order valence-electron chi connectivity index (χ0n) is 8.47. The molecule has 0 bridgehead atoms. The average molecular weight is 212 g/mol. The highest BCUT2D eigenvalue weighted by Crippen LogP contribution is 2.19. The van der Waals surface area contributed by atoms with Gasteiger partial charge in [0.2, 0.25) is 0 Å². The van der Waals surface area contributed by atoms with Gasteiger partial charge in [0.1, 0.15) is 12.1 Å². The van der Waals surface area contributed by atoms with Crippen LogP contribution < -0.4 is 0 Å². The van der Waals surface area contributed by atoms with Crippen molar-refractivity contribution in [2.75, 3.05) is 0 Å². The Bertz CT molecular complexity index is 643. The van der Waals surface area contributed by atoms with Crippen LogP contribution in [0.5, 0.6) is 0 Å². The topological polar surface area (TPSA) is 17.8 Å². The Morgan fingerprint density at radius 1 is 0.938 bits per heavy atom. The summed E-state index contributed by atoms with van der Waals surface area (Å²) in [5.74, 6) is -0.245. The summed E-state index contributed by atoms with van der Waals surface area (Å²) in [5.41, 5.74) is 2.30. The number of para-hydroxylation sites is 3. The van der Waals surface area contributed by atoms with Crippen molar-refractivity contribution in [1.29, 1.82) is 0 Å². The van der Waals surface area contributed by atoms with Crippen LogP contribution in [-0.2, 0) is 0 Å². The van der Waals surface area contributed by atoms with Crippen molar-refractivity contribution in [2.45, 2.75) is 0 Å². The molecule has 0 amide bonds. The summed E-state index contributed by atoms with van der Waals surface area (Å²) in [6.45, 7) is 0. The van der Waals surface area contributed by atoms with Gasteiger partial charge < -0.3 is 0 Å². The molecule has 78 valence electrons. The van der Waals surface area contributed by atoms with E-state index in [-0.39, 0.29) is 5.82 Å². The summed E-state index contributed by atoms with van der Waals surface area (Å²) in [6, 6.07) is 14.3. The van der Waals surface area contributed by atoms with E-state index in [0.29, 0.717) is 5.69 Å². The number of nitrogens with zero attached hydrogens (tertiary/aromatic N) is 2. The number of fused-ring (bicyclic) bond motifs is 1. The Kier molecular flexibility index (Phi) is 1.96. The first-order chi connectivity index (χ1) is 7.86. The van der Waals surface area contributed by atoms with Crippen LogP contribution in [0.15, 0.2) is 54.9 Å². The molecule has 0 atom stereocenters. The quantitative estimate of drug-likeness (QED) is 0.605. The van der Waals surface area contributed by atoms with Crippen LogP contribution in [-0.4, -0.2) is 9.55 Å². The van der Waals surface area contributed by atoms with E-state index < -0.39 is 0 Å². The van der Waals surface area contributed by atoms with Crippen LogP contribution in [0.25, 0.3) is 16.7 Å². The van der Waals surface area contributed by atoms with Crippen LogP contribution in [0.4, 0.5) is 4.39 Å². The van der Waals surface area contributed by atoms with Crippen LogP contribution in [0.1, 0.15) is 0 Å². The molecule has 0 saturated carbocycles. The largest absolute Gasteiger partial charge is 0.296 e. The Labute approximate surface area is 92.0 Å². The zero-order valence-corrected chi connectivity index (χ0v) is 8.47. The average Bonchev–Trinajstić information content (AvgIpc) is 2.74. The van der Waals surface area contributed by atoms with Crippen LogP contribution >= 0.6 is 0 Å². The molecule has 2 aromatic carbocycles. The number of benzene rings is 2. The van der Waals surface area contributed by atoms with Gasteiger partial charge in [0.25, 0.3) is 0 Å². The molecule has 2 nitrogen and oxygen atoms in total. The number of hydrogen-bond donors (Lipinski definition) is 0. The van der Waals surface area contributed by atoms with Crippen molar-refractivity contribution in [2.24, 2.45) is 0 Å². The fourth-order valence-corrected chi connectivity index (χ4v) is 1.80. The number of hydrogen-bond acceptors (Lipinski definition) is 1. The van der Waals surface area contributed by atoms with Gasteiger partial charge in [-0.15, -0.1) is 0 Å². The van der Waals surface area contributed by atoms with E-state index in [1.165, 1.54) is 6.07 Å². The molecule has 1 heterocycles. The van der Waals surface area contributed by atoms with Gasteiger partial charge >= 0.3 is 0 Å². The molecule has 0 aliphatic carbocycles. The fourth-order valence-electron chi connectivity index (χ4n) is 1.80. The smallest absolute Gasteiger partial charge is 0.147 e. The third kappa shape index (κ3) is 1.29. The van der Waals surface area contributed by atoms with E-state index in [0.717, 1.165) is 11.0 Å². The first-order valence-corrected chi connectivity index (χ1v) is 5.03. The molecule has 1 aromatic heterocycles. The highest BCUT2D eigenvalue weighted by molar-refractivity contribution is 5.77. The van der Waals surface area contributed by atoms with E-state index in [9.17, 15) is 4.39 Å². The first kappa shape index (κ1) is 9.09. The Balaban J connectivity index is 2.31. The minimum atomic E-state index is -0.245. The lowest BCUT2D eigenvalue weighted by Gasteiger charge is -2.04. The predicted octanol–water partition coefficient (Wildman–Crippen LogP) is 3.16. The molecule has 3 aromatic rings. The van der Waals surface area contributed by atoms with Crippen molar-refractivity contribution >= 4 is 11.0 Å². The second-order valence-corrected chi connectivity index (χ2v) is 3.55. The maximum absolute atomic E-state index is 13.6. The number of aromatic nitrogens is 2. The summed E-state index contributed by atoms with van der Waals surface area (Å²) in [6.07, 6.45) is 1.64. The van der Waals surface area contributed by atoms with E-state index in [1.54, 1.807) is 23.0 Å². The van der Waals surface area contributed by atoms with Gasteiger partial charge in [0, 0.05) is 0 Å². The molecule has 0 spiro atoms. The maximum atomic E-state index is 13.6. The van der Waals surface area contributed by atoms with Gasteiger partial charge in [-0.25, -0.2) is 9.37 Å². The molecule has 3 heteroatoms. The number of imidazole rings is 1. The van der Waals surface area contributed by atoms with Crippen molar-refractivity contribution in [3.05, 3.63) is 60.7 Å². The SMILES string of the molecule is Fc1ccccc1-n1cnc2ccccc21. The maximum Gasteiger partial charge on any atom is 0.147 e. The molecular weight excluding hydrogens is 203 g/mol. The second kappa shape index (κ2) is 3.45. The van der Waals surface area contributed by atoms with Gasteiger partial charge in [0.05, 0.1) is 16.7 Å². The molecule has 0 aliphatic rings. The van der Waals surface area contributed by atoms with E-state index in [1.807, 2.05) is 30.3 Å². The van der Waals surface area contributed by atoms with Crippen LogP contribution in [0.3, 0.4) is 0 Å². The third-order valence-electron chi connectivity index (χ3n) is 2.57. The number of rotatable bonds is 1. The van der Waals surface area contributed by atoms with Gasteiger partial charge in [-0.2, -0.15) is 0 Å². The van der Waals surface area contributed by atoms with Gasteiger partial charge in [-0.05, 0) is 24.3 Å². The predicted molar refractivity (Wildman–Crippen MR) is 61.0 cm³/mol. The van der Waals surface area contributed by atoms with Crippen molar-refractivity contribution in [3.63, 3.8) is 0 Å². The molecule has 3 rings (SSSR count). The molecule has 0 fully saturated rings. The highest BCUT2D eigenvalue weighted by Gasteiger charge is 2.06. The lowest BCUT2D eigenvalue weighted by Crippen LogP contribution is -1.94. The summed E-state index contributed by atoms with van der Waals surface area (Å²) >= 11 is 0. The van der Waals surface area contributed by atoms with Crippen molar-refractivity contribution in [1.82, 2.24) is 9.55 Å². The Morgan fingerprint density at radius 3 is 2.56 bits per heavy atom. The molecule has 0 unspecified atom stereocenters. The summed E-state index contributed by atoms with van der Waals surface area (Å²) in [4.78, 5) is 4.23. The minimum absolute atomic E-state index is 0.245. The standard InChI is InChI=1S/C13H9FN2/c14-10-5-1-3-7-12(10)16-9-15-11-6-2-4-8-13(11)16/h1-9H. The third-order valence-corrected chi connectivity index (χ3v) is 2.57. The minimum Gasteiger partial charge on any atom is -0.296 e. The summed E-state index contributed by atoms with van der Waals surface area (Å²) in [7, 11) is 0. The van der Waals surface area contributed by atoms with E-state index in [2.05, 4.69) is 4.98 Å². The van der Waals surface area contributed by atoms with Crippen molar-refractivity contribution < 1.29 is 4.39 Å². The van der Waals surface area contributed by atoms with Crippen LogP contribution in [0.2, 0.25) is 0 Å². The second-order valence-electron chi connectivity index (χ2n) is 3.55. The van der Waals surface area contributed by atoms with Gasteiger partial charge in [-0.1, -0.05) is 24.3 Å². The molecule has 0 aliphatic heterocycles. The van der Waals surface area contributed by atoms with Crippen molar-refractivity contribution in [3.8, 4) is 5.69 Å². The van der Waals surface area contributed by atoms with E-state index >= 15 is 0 Å². The zero-order chi connectivity index (χ0) is 11.0. The number of halogens is 1. The normalized spacial score (nSPS) is 10.8. The summed E-state index contributed by atoms with van der Waals surface area (Å²) < 4.78 is 15.4. The molecule has 0 N–H and O–H groups in total. The Hall–Kier alpha value is -2.16. The lowest BCUT2D eigenvalue weighted by atomic mass is 10.2. The van der Waals surface area contributed by atoms with Crippen LogP contribution in [0, 0.1) is 5.82 Å². The summed E-state index contributed by atoms with van der Waals surface area (Å²) in [5, 5.41) is 0. The molecular formula is C13H9FN2. The Morgan fingerprint density at radius 2 is 1.69 bits per heavy atom. The van der Waals surface area contributed by atoms with Gasteiger partial charge in [-0.3, -0.25) is 4.57 Å². The fraction of sp³-hybridized carbons (Fsp3) is 0. The highest BCUT2D eigenvalue weighted by atomic mass is 19.1. The lowest BCUT2D eigenvalue weighted by molar-refractivity contribution is 0.619. The molecule has 16 heavy (non-hydrogen) atoms. The van der Waals surface area contributed by atoms with E-state index in [4.69, 9.17) is 0 Å². The van der Waals surface area contributed by atoms with Gasteiger partial charge in [0.15, 0.2) is 0 Å². The molecule has 0 radical (unpaired) electrons. The molecule has 0 saturated heterocycles.